The van der Waals surface area contributed by atoms with Crippen molar-refractivity contribution in [3.8, 4) is 0 Å². The Morgan fingerprint density at radius 1 is 1.18 bits per heavy atom. The van der Waals surface area contributed by atoms with Gasteiger partial charge in [-0.05, 0) is 36.4 Å². The molecule has 2 rings (SSSR count). The molecule has 0 aliphatic carbocycles. The van der Waals surface area contributed by atoms with E-state index >= 15 is 0 Å². The van der Waals surface area contributed by atoms with Gasteiger partial charge in [0.2, 0.25) is 0 Å². The van der Waals surface area contributed by atoms with Crippen LogP contribution in [0.5, 0.6) is 0 Å². The Morgan fingerprint density at radius 3 is 2.47 bits per heavy atom. The second kappa shape index (κ2) is 5.30. The molecule has 0 fully saturated rings. The average Bonchev–Trinajstić information content (AvgIpc) is 2.83. The summed E-state index contributed by atoms with van der Waals surface area (Å²) in [5.74, 6) is -0.522. The summed E-state index contributed by atoms with van der Waals surface area (Å²) >= 11 is 0. The molecule has 0 spiro atoms. The van der Waals surface area contributed by atoms with E-state index in [2.05, 4.69) is 5.32 Å². The Balaban J connectivity index is 1.83. The first-order valence-corrected chi connectivity index (χ1v) is 5.40. The van der Waals surface area contributed by atoms with Crippen molar-refractivity contribution in [1.82, 2.24) is 9.88 Å². The summed E-state index contributed by atoms with van der Waals surface area (Å²) in [5, 5.41) is 2.77. The van der Waals surface area contributed by atoms with Gasteiger partial charge in [-0.25, -0.2) is 4.39 Å². The molecule has 1 N–H and O–H groups in total. The molecule has 2 aromatic rings. The second-order valence-electron chi connectivity index (χ2n) is 3.68. The maximum Gasteiger partial charge on any atom is 0.251 e. The van der Waals surface area contributed by atoms with E-state index in [4.69, 9.17) is 0 Å². The van der Waals surface area contributed by atoms with E-state index in [9.17, 15) is 9.18 Å². The molecule has 0 bridgehead atoms. The molecule has 0 saturated carbocycles. The van der Waals surface area contributed by atoms with Crippen LogP contribution in [0.25, 0.3) is 0 Å². The first kappa shape index (κ1) is 11.4. The molecule has 0 atom stereocenters. The van der Waals surface area contributed by atoms with E-state index in [-0.39, 0.29) is 11.7 Å². The van der Waals surface area contributed by atoms with E-state index in [0.717, 1.165) is 6.54 Å². The van der Waals surface area contributed by atoms with Crippen LogP contribution in [0, 0.1) is 5.82 Å². The van der Waals surface area contributed by atoms with Gasteiger partial charge in [-0.1, -0.05) is 0 Å². The van der Waals surface area contributed by atoms with Crippen molar-refractivity contribution >= 4 is 5.91 Å². The average molecular weight is 232 g/mol. The summed E-state index contributed by atoms with van der Waals surface area (Å²) in [6.07, 6.45) is 3.87. The van der Waals surface area contributed by atoms with Crippen LogP contribution in [0.1, 0.15) is 10.4 Å². The summed E-state index contributed by atoms with van der Waals surface area (Å²) in [6.45, 7) is 1.27. The highest BCUT2D eigenvalue weighted by Crippen LogP contribution is 2.02. The van der Waals surface area contributed by atoms with E-state index in [1.807, 2.05) is 29.1 Å². The number of hydrogen-bond acceptors (Lipinski definition) is 1. The minimum Gasteiger partial charge on any atom is -0.353 e. The number of nitrogens with one attached hydrogen (secondary N) is 1. The van der Waals surface area contributed by atoms with Gasteiger partial charge < -0.3 is 9.88 Å². The van der Waals surface area contributed by atoms with Crippen LogP contribution in [0.3, 0.4) is 0 Å². The van der Waals surface area contributed by atoms with Gasteiger partial charge in [-0.2, -0.15) is 0 Å². The van der Waals surface area contributed by atoms with Gasteiger partial charge in [0.15, 0.2) is 0 Å². The third kappa shape index (κ3) is 3.17. The maximum absolute atomic E-state index is 12.7. The highest BCUT2D eigenvalue weighted by atomic mass is 19.1. The number of carbonyl (C=O) groups is 1. The lowest BCUT2D eigenvalue weighted by Crippen LogP contribution is -2.26. The quantitative estimate of drug-likeness (QED) is 0.860. The SMILES string of the molecule is O=C(NCCn1cccc1)c1ccc(F)cc1. The Labute approximate surface area is 98.9 Å². The van der Waals surface area contributed by atoms with E-state index in [1.54, 1.807) is 0 Å². The van der Waals surface area contributed by atoms with E-state index < -0.39 is 0 Å². The van der Waals surface area contributed by atoms with Gasteiger partial charge in [-0.3, -0.25) is 4.79 Å². The molecule has 1 heterocycles. The van der Waals surface area contributed by atoms with Gasteiger partial charge in [0.05, 0.1) is 0 Å². The minimum atomic E-state index is -0.339. The summed E-state index contributed by atoms with van der Waals surface area (Å²) in [6, 6.07) is 9.37. The number of halogens is 1. The molecule has 1 amide bonds. The highest BCUT2D eigenvalue weighted by molar-refractivity contribution is 5.94. The van der Waals surface area contributed by atoms with E-state index in [0.29, 0.717) is 12.1 Å². The molecule has 4 heteroatoms. The number of nitrogens with zero attached hydrogens (tertiary/aromatic N) is 1. The largest absolute Gasteiger partial charge is 0.353 e. The molecule has 88 valence electrons. The molecule has 3 nitrogen and oxygen atoms in total. The Morgan fingerprint density at radius 2 is 1.82 bits per heavy atom. The van der Waals surface area contributed by atoms with E-state index in [1.165, 1.54) is 24.3 Å². The lowest BCUT2D eigenvalue weighted by atomic mass is 10.2. The number of aromatic nitrogens is 1. The number of amides is 1. The lowest BCUT2D eigenvalue weighted by Gasteiger charge is -2.06. The minimum absolute atomic E-state index is 0.183. The van der Waals surface area contributed by atoms with Gasteiger partial charge in [0.25, 0.3) is 5.91 Å². The Bertz CT molecular complexity index is 477. The summed E-state index contributed by atoms with van der Waals surface area (Å²) in [4.78, 5) is 11.6. The first-order chi connectivity index (χ1) is 8.25. The predicted octanol–water partition coefficient (Wildman–Crippen LogP) is 2.06. The molecule has 1 aromatic heterocycles. The van der Waals surface area contributed by atoms with Crippen LogP contribution in [-0.4, -0.2) is 17.0 Å². The summed E-state index contributed by atoms with van der Waals surface area (Å²) in [7, 11) is 0. The zero-order chi connectivity index (χ0) is 12.1. The van der Waals surface area contributed by atoms with Crippen molar-refractivity contribution in [2.75, 3.05) is 6.54 Å². The summed E-state index contributed by atoms with van der Waals surface area (Å²) < 4.78 is 14.6. The zero-order valence-electron chi connectivity index (χ0n) is 9.27. The number of hydrogen-bond donors (Lipinski definition) is 1. The normalized spacial score (nSPS) is 10.2. The molecular weight excluding hydrogens is 219 g/mol. The van der Waals surface area contributed by atoms with Crippen LogP contribution in [0.15, 0.2) is 48.8 Å². The van der Waals surface area contributed by atoms with Crippen molar-refractivity contribution in [3.05, 3.63) is 60.2 Å². The Hall–Kier alpha value is -2.10. The topological polar surface area (TPSA) is 34.0 Å². The van der Waals surface area contributed by atoms with Crippen molar-refractivity contribution in [3.63, 3.8) is 0 Å². The maximum atomic E-state index is 12.7. The molecule has 0 aliphatic heterocycles. The van der Waals surface area contributed by atoms with Crippen molar-refractivity contribution in [1.29, 1.82) is 0 Å². The van der Waals surface area contributed by atoms with Crippen LogP contribution in [0.2, 0.25) is 0 Å². The standard InChI is InChI=1S/C13H13FN2O/c14-12-5-3-11(4-6-12)13(17)15-7-10-16-8-1-2-9-16/h1-6,8-9H,7,10H2,(H,15,17). The molecular formula is C13H13FN2O. The van der Waals surface area contributed by atoms with Crippen molar-refractivity contribution in [2.24, 2.45) is 0 Å². The highest BCUT2D eigenvalue weighted by Gasteiger charge is 2.04. The van der Waals surface area contributed by atoms with Crippen LogP contribution in [-0.2, 0) is 6.54 Å². The van der Waals surface area contributed by atoms with Crippen LogP contribution >= 0.6 is 0 Å². The number of benzene rings is 1. The Kier molecular flexibility index (Phi) is 3.55. The zero-order valence-corrected chi connectivity index (χ0v) is 9.27. The molecule has 0 saturated heterocycles. The fraction of sp³-hybridized carbons (Fsp3) is 0.154. The van der Waals surface area contributed by atoms with Gasteiger partial charge in [0.1, 0.15) is 5.82 Å². The van der Waals surface area contributed by atoms with Crippen LogP contribution < -0.4 is 5.32 Å². The third-order valence-electron chi connectivity index (χ3n) is 2.43. The lowest BCUT2D eigenvalue weighted by molar-refractivity contribution is 0.0952. The molecule has 0 aliphatic rings. The fourth-order valence-corrected chi connectivity index (χ4v) is 1.52. The van der Waals surface area contributed by atoms with Gasteiger partial charge in [0, 0.05) is 31.0 Å². The van der Waals surface area contributed by atoms with Crippen molar-refractivity contribution < 1.29 is 9.18 Å². The third-order valence-corrected chi connectivity index (χ3v) is 2.43. The predicted molar refractivity (Wildman–Crippen MR) is 63.2 cm³/mol. The summed E-state index contributed by atoms with van der Waals surface area (Å²) in [5.41, 5.74) is 0.471. The fourth-order valence-electron chi connectivity index (χ4n) is 1.52. The van der Waals surface area contributed by atoms with Gasteiger partial charge in [-0.15, -0.1) is 0 Å². The molecule has 0 unspecified atom stereocenters. The smallest absolute Gasteiger partial charge is 0.251 e. The van der Waals surface area contributed by atoms with Gasteiger partial charge >= 0.3 is 0 Å². The number of rotatable bonds is 4. The first-order valence-electron chi connectivity index (χ1n) is 5.40. The van der Waals surface area contributed by atoms with Crippen molar-refractivity contribution in [2.45, 2.75) is 6.54 Å². The molecule has 0 radical (unpaired) electrons. The molecule has 1 aromatic carbocycles. The molecule has 17 heavy (non-hydrogen) atoms. The second-order valence-corrected chi connectivity index (χ2v) is 3.68. The number of carbonyl (C=O) groups excluding carboxylic acids is 1. The van der Waals surface area contributed by atoms with Crippen LogP contribution in [0.4, 0.5) is 4.39 Å². The monoisotopic (exact) mass is 232 g/mol.